The molecular formula is C18H27F. The summed E-state index contributed by atoms with van der Waals surface area (Å²) < 4.78 is 13.3. The lowest BCUT2D eigenvalue weighted by molar-refractivity contribution is 0.281. The van der Waals surface area contributed by atoms with Crippen LogP contribution in [-0.2, 0) is 0 Å². The van der Waals surface area contributed by atoms with Crippen molar-refractivity contribution in [1.29, 1.82) is 0 Å². The Labute approximate surface area is 117 Å². The van der Waals surface area contributed by atoms with Crippen molar-refractivity contribution in [1.82, 2.24) is 0 Å². The van der Waals surface area contributed by atoms with Gasteiger partial charge >= 0.3 is 0 Å². The van der Waals surface area contributed by atoms with E-state index in [4.69, 9.17) is 0 Å². The topological polar surface area (TPSA) is 0 Å². The van der Waals surface area contributed by atoms with Crippen LogP contribution < -0.4 is 0 Å². The van der Waals surface area contributed by atoms with Gasteiger partial charge in [0.25, 0.3) is 0 Å². The van der Waals surface area contributed by atoms with E-state index in [0.717, 1.165) is 30.6 Å². The highest BCUT2D eigenvalue weighted by atomic mass is 19.1. The zero-order valence-electron chi connectivity index (χ0n) is 12.4. The summed E-state index contributed by atoms with van der Waals surface area (Å²) in [5.41, 5.74) is 3.11. The molecule has 3 aliphatic carbocycles. The van der Waals surface area contributed by atoms with Crippen molar-refractivity contribution in [3.05, 3.63) is 23.3 Å². The van der Waals surface area contributed by atoms with E-state index in [1.807, 2.05) is 0 Å². The molecule has 0 spiro atoms. The van der Waals surface area contributed by atoms with Gasteiger partial charge in [0.05, 0.1) is 0 Å². The molecule has 0 aromatic carbocycles. The monoisotopic (exact) mass is 262 g/mol. The Kier molecular flexibility index (Phi) is 3.82. The van der Waals surface area contributed by atoms with Crippen LogP contribution >= 0.6 is 0 Å². The zero-order chi connectivity index (χ0) is 13.4. The predicted octanol–water partition coefficient (Wildman–Crippen LogP) is 5.45. The Bertz CT molecular complexity index is 388. The van der Waals surface area contributed by atoms with Gasteiger partial charge in [0.2, 0.25) is 0 Å². The van der Waals surface area contributed by atoms with Gasteiger partial charge in [-0.15, -0.1) is 0 Å². The fourth-order valence-electron chi connectivity index (χ4n) is 4.10. The van der Waals surface area contributed by atoms with Crippen LogP contribution in [0.15, 0.2) is 23.3 Å². The molecular weight excluding hydrogens is 235 g/mol. The second-order valence-corrected chi connectivity index (χ2v) is 6.93. The zero-order valence-corrected chi connectivity index (χ0v) is 12.4. The predicted molar refractivity (Wildman–Crippen MR) is 78.7 cm³/mol. The Hall–Kier alpha value is -0.590. The molecule has 3 rings (SSSR count). The van der Waals surface area contributed by atoms with E-state index < -0.39 is 6.17 Å². The maximum absolute atomic E-state index is 13.3. The molecule has 4 atom stereocenters. The largest absolute Gasteiger partial charge is 0.247 e. The minimum absolute atomic E-state index is 0.590. The SMILES string of the molecule is CCC1C[C@H](C2CC2)C(C2=CC[C@H](F)CC2)=C[C@@H]1C. The molecule has 0 aromatic heterocycles. The van der Waals surface area contributed by atoms with Crippen LogP contribution in [0.25, 0.3) is 0 Å². The summed E-state index contributed by atoms with van der Waals surface area (Å²) >= 11 is 0. The molecule has 1 fully saturated rings. The van der Waals surface area contributed by atoms with Crippen molar-refractivity contribution in [2.45, 2.75) is 65.0 Å². The maximum atomic E-state index is 13.3. The third kappa shape index (κ3) is 2.80. The molecule has 0 amide bonds. The van der Waals surface area contributed by atoms with Crippen molar-refractivity contribution in [3.63, 3.8) is 0 Å². The normalized spacial score (nSPS) is 39.7. The molecule has 0 N–H and O–H groups in total. The number of halogens is 1. The van der Waals surface area contributed by atoms with E-state index in [1.54, 1.807) is 5.57 Å². The molecule has 3 aliphatic rings. The first-order valence-electron chi connectivity index (χ1n) is 8.24. The van der Waals surface area contributed by atoms with Crippen molar-refractivity contribution in [2.75, 3.05) is 0 Å². The number of hydrogen-bond donors (Lipinski definition) is 0. The molecule has 0 aliphatic heterocycles. The Morgan fingerprint density at radius 2 is 2.05 bits per heavy atom. The highest BCUT2D eigenvalue weighted by molar-refractivity contribution is 5.37. The quantitative estimate of drug-likeness (QED) is 0.634. The van der Waals surface area contributed by atoms with Crippen LogP contribution in [0.2, 0.25) is 0 Å². The van der Waals surface area contributed by atoms with Gasteiger partial charge < -0.3 is 0 Å². The average Bonchev–Trinajstić information content (AvgIpc) is 3.24. The minimum atomic E-state index is -0.590. The van der Waals surface area contributed by atoms with E-state index in [9.17, 15) is 4.39 Å². The molecule has 0 nitrogen and oxygen atoms in total. The molecule has 0 heterocycles. The van der Waals surface area contributed by atoms with Crippen molar-refractivity contribution < 1.29 is 4.39 Å². The Morgan fingerprint density at radius 3 is 2.63 bits per heavy atom. The third-order valence-corrected chi connectivity index (χ3v) is 5.58. The van der Waals surface area contributed by atoms with Crippen LogP contribution in [0.4, 0.5) is 4.39 Å². The fourth-order valence-corrected chi connectivity index (χ4v) is 4.10. The highest BCUT2D eigenvalue weighted by Gasteiger charge is 2.39. The van der Waals surface area contributed by atoms with Gasteiger partial charge in [-0.2, -0.15) is 0 Å². The van der Waals surface area contributed by atoms with E-state index in [-0.39, 0.29) is 0 Å². The van der Waals surface area contributed by atoms with Crippen LogP contribution in [0, 0.1) is 23.7 Å². The smallest absolute Gasteiger partial charge is 0.104 e. The number of allylic oxidation sites excluding steroid dienone is 4. The molecule has 0 saturated heterocycles. The molecule has 0 radical (unpaired) electrons. The summed E-state index contributed by atoms with van der Waals surface area (Å²) in [5.74, 6) is 3.31. The maximum Gasteiger partial charge on any atom is 0.104 e. The van der Waals surface area contributed by atoms with E-state index in [0.29, 0.717) is 12.3 Å². The molecule has 106 valence electrons. The molecule has 0 aromatic rings. The van der Waals surface area contributed by atoms with Gasteiger partial charge in [-0.25, -0.2) is 4.39 Å². The summed E-state index contributed by atoms with van der Waals surface area (Å²) in [6, 6.07) is 0. The lowest BCUT2D eigenvalue weighted by Crippen LogP contribution is -2.25. The first-order valence-corrected chi connectivity index (χ1v) is 8.24. The van der Waals surface area contributed by atoms with Gasteiger partial charge in [-0.05, 0) is 73.3 Å². The standard InChI is InChI=1S/C18H27F/c1-3-13-11-18(14-4-5-14)17(10-12(13)2)15-6-8-16(19)9-7-15/h6,10,12-14,16,18H,3-5,7-9,11H2,1-2H3/t12-,13?,16-,18+/m0/s1. The molecule has 0 bridgehead atoms. The van der Waals surface area contributed by atoms with Crippen molar-refractivity contribution in [2.24, 2.45) is 23.7 Å². The van der Waals surface area contributed by atoms with Crippen LogP contribution in [0.1, 0.15) is 58.8 Å². The van der Waals surface area contributed by atoms with Crippen LogP contribution in [-0.4, -0.2) is 6.17 Å². The second-order valence-electron chi connectivity index (χ2n) is 6.93. The summed E-state index contributed by atoms with van der Waals surface area (Å²) in [4.78, 5) is 0. The summed E-state index contributed by atoms with van der Waals surface area (Å²) in [6.45, 7) is 4.70. The number of hydrogen-bond acceptors (Lipinski definition) is 0. The van der Waals surface area contributed by atoms with E-state index >= 15 is 0 Å². The molecule has 1 unspecified atom stereocenters. The molecule has 19 heavy (non-hydrogen) atoms. The fraction of sp³-hybridized carbons (Fsp3) is 0.778. The van der Waals surface area contributed by atoms with Crippen LogP contribution in [0.3, 0.4) is 0 Å². The first kappa shape index (κ1) is 13.4. The summed E-state index contributed by atoms with van der Waals surface area (Å²) in [7, 11) is 0. The van der Waals surface area contributed by atoms with Gasteiger partial charge in [-0.1, -0.05) is 32.4 Å². The van der Waals surface area contributed by atoms with E-state index in [1.165, 1.54) is 31.3 Å². The lowest BCUT2D eigenvalue weighted by Gasteiger charge is -2.36. The molecule has 1 saturated carbocycles. The second kappa shape index (κ2) is 5.42. The third-order valence-electron chi connectivity index (χ3n) is 5.58. The summed E-state index contributed by atoms with van der Waals surface area (Å²) in [6.07, 6.45) is 12.1. The first-order chi connectivity index (χ1) is 9.19. The lowest BCUT2D eigenvalue weighted by atomic mass is 9.69. The number of alkyl halides is 1. The Balaban J connectivity index is 1.84. The van der Waals surface area contributed by atoms with Gasteiger partial charge in [-0.3, -0.25) is 0 Å². The minimum Gasteiger partial charge on any atom is -0.247 e. The van der Waals surface area contributed by atoms with Crippen molar-refractivity contribution in [3.8, 4) is 0 Å². The number of rotatable bonds is 3. The van der Waals surface area contributed by atoms with Crippen LogP contribution in [0.5, 0.6) is 0 Å². The van der Waals surface area contributed by atoms with Gasteiger partial charge in [0.15, 0.2) is 0 Å². The molecule has 1 heteroatoms. The van der Waals surface area contributed by atoms with E-state index in [2.05, 4.69) is 26.0 Å². The van der Waals surface area contributed by atoms with Crippen molar-refractivity contribution >= 4 is 0 Å². The Morgan fingerprint density at radius 1 is 1.26 bits per heavy atom. The van der Waals surface area contributed by atoms with Gasteiger partial charge in [0.1, 0.15) is 6.17 Å². The summed E-state index contributed by atoms with van der Waals surface area (Å²) in [5, 5.41) is 0. The average molecular weight is 262 g/mol. The highest BCUT2D eigenvalue weighted by Crippen LogP contribution is 2.50. The van der Waals surface area contributed by atoms with Gasteiger partial charge in [0, 0.05) is 0 Å².